The number of benzene rings is 1. The molecule has 152 valence electrons. The van der Waals surface area contributed by atoms with Crippen molar-refractivity contribution in [3.63, 3.8) is 0 Å². The van der Waals surface area contributed by atoms with Crippen LogP contribution in [0.2, 0.25) is 0 Å². The van der Waals surface area contributed by atoms with Crippen LogP contribution in [0.25, 0.3) is 0 Å². The summed E-state index contributed by atoms with van der Waals surface area (Å²) in [5, 5.41) is 9.66. The number of halogens is 2. The van der Waals surface area contributed by atoms with E-state index >= 15 is 0 Å². The fourth-order valence-electron chi connectivity index (χ4n) is 2.94. The van der Waals surface area contributed by atoms with Crippen LogP contribution in [0.1, 0.15) is 33.6 Å². The quantitative estimate of drug-likeness (QED) is 0.277. The van der Waals surface area contributed by atoms with Gasteiger partial charge in [-0.15, -0.1) is 24.0 Å². The number of nitrogens with zero attached hydrogens (tertiary/aromatic N) is 2. The molecule has 1 fully saturated rings. The number of carbonyl (C=O) groups excluding carboxylic acids is 1. The van der Waals surface area contributed by atoms with Crippen LogP contribution in [0.15, 0.2) is 33.7 Å². The monoisotopic (exact) mass is 551 g/mol. The minimum Gasteiger partial charge on any atom is -0.369 e. The molecule has 1 heterocycles. The molecule has 1 aromatic carbocycles. The van der Waals surface area contributed by atoms with Crippen molar-refractivity contribution in [2.24, 2.45) is 4.99 Å². The fraction of sp³-hybridized carbons (Fsp3) is 0.579. The molecule has 1 atom stereocenters. The van der Waals surface area contributed by atoms with Crippen LogP contribution in [0, 0.1) is 0 Å². The average Bonchev–Trinajstić information content (AvgIpc) is 3.03. The molecule has 0 radical (unpaired) electrons. The molecule has 1 amide bonds. The Balaban J connectivity index is 0.00000364. The lowest BCUT2D eigenvalue weighted by Crippen LogP contribution is -2.44. The van der Waals surface area contributed by atoms with E-state index in [2.05, 4.69) is 66.0 Å². The first kappa shape index (κ1) is 24.0. The van der Waals surface area contributed by atoms with Crippen molar-refractivity contribution in [2.45, 2.75) is 45.7 Å². The van der Waals surface area contributed by atoms with Crippen molar-refractivity contribution in [1.29, 1.82) is 0 Å². The highest BCUT2D eigenvalue weighted by atomic mass is 127. The summed E-state index contributed by atoms with van der Waals surface area (Å²) in [5.74, 6) is 0.828. The molecule has 1 aliphatic heterocycles. The van der Waals surface area contributed by atoms with Crippen LogP contribution in [0.4, 0.5) is 5.69 Å². The number of guanidine groups is 1. The first-order valence-electron chi connectivity index (χ1n) is 9.32. The van der Waals surface area contributed by atoms with E-state index in [1.807, 2.05) is 20.8 Å². The van der Waals surface area contributed by atoms with Gasteiger partial charge < -0.3 is 20.9 Å². The molecule has 1 saturated heterocycles. The largest absolute Gasteiger partial charge is 0.369 e. The lowest BCUT2D eigenvalue weighted by atomic mass is 10.2. The highest BCUT2D eigenvalue weighted by Gasteiger charge is 2.23. The SMILES string of the molecule is CCNC(=NCCC(=O)NC(C)C)NC1CCN(c2ccc(Br)cc2)C1.I. The Kier molecular flexibility index (Phi) is 11.1. The van der Waals surface area contributed by atoms with Gasteiger partial charge in [0.25, 0.3) is 0 Å². The van der Waals surface area contributed by atoms with Crippen molar-refractivity contribution >= 4 is 57.5 Å². The number of hydrogen-bond acceptors (Lipinski definition) is 3. The van der Waals surface area contributed by atoms with Crippen LogP contribution in [0.5, 0.6) is 0 Å². The molecule has 1 aliphatic rings. The molecule has 2 rings (SSSR count). The topological polar surface area (TPSA) is 68.8 Å². The van der Waals surface area contributed by atoms with Gasteiger partial charge in [-0.25, -0.2) is 0 Å². The molecule has 8 heteroatoms. The summed E-state index contributed by atoms with van der Waals surface area (Å²) >= 11 is 3.48. The zero-order chi connectivity index (χ0) is 18.9. The van der Waals surface area contributed by atoms with E-state index in [-0.39, 0.29) is 35.9 Å². The minimum absolute atomic E-state index is 0. The van der Waals surface area contributed by atoms with Crippen molar-refractivity contribution in [3.05, 3.63) is 28.7 Å². The first-order chi connectivity index (χ1) is 12.5. The standard InChI is InChI=1S/C19H30BrN5O.HI/c1-4-21-19(22-11-9-18(26)23-14(2)3)24-16-10-12-25(13-16)17-7-5-15(20)6-8-17;/h5-8,14,16H,4,9-13H2,1-3H3,(H,23,26)(H2,21,22,24);1H. The molecule has 1 aromatic rings. The summed E-state index contributed by atoms with van der Waals surface area (Å²) in [4.78, 5) is 18.7. The van der Waals surface area contributed by atoms with Gasteiger partial charge in [-0.05, 0) is 51.5 Å². The highest BCUT2D eigenvalue weighted by Crippen LogP contribution is 2.22. The molecule has 27 heavy (non-hydrogen) atoms. The lowest BCUT2D eigenvalue weighted by Gasteiger charge is -2.20. The van der Waals surface area contributed by atoms with Crippen LogP contribution in [-0.2, 0) is 4.79 Å². The zero-order valence-corrected chi connectivity index (χ0v) is 20.2. The second-order valence-electron chi connectivity index (χ2n) is 6.79. The van der Waals surface area contributed by atoms with Gasteiger partial charge >= 0.3 is 0 Å². The van der Waals surface area contributed by atoms with Gasteiger partial charge in [-0.2, -0.15) is 0 Å². The van der Waals surface area contributed by atoms with Gasteiger partial charge in [0, 0.05) is 48.3 Å². The van der Waals surface area contributed by atoms with Crippen LogP contribution >= 0.6 is 39.9 Å². The number of anilines is 1. The number of aliphatic imine (C=N–C) groups is 1. The van der Waals surface area contributed by atoms with Crippen molar-refractivity contribution in [1.82, 2.24) is 16.0 Å². The van der Waals surface area contributed by atoms with Crippen molar-refractivity contribution in [2.75, 3.05) is 31.1 Å². The second kappa shape index (κ2) is 12.4. The number of carbonyl (C=O) groups is 1. The van der Waals surface area contributed by atoms with Crippen molar-refractivity contribution in [3.8, 4) is 0 Å². The van der Waals surface area contributed by atoms with Crippen LogP contribution in [-0.4, -0.2) is 50.1 Å². The van der Waals surface area contributed by atoms with E-state index < -0.39 is 0 Å². The van der Waals surface area contributed by atoms with Gasteiger partial charge in [0.15, 0.2) is 5.96 Å². The smallest absolute Gasteiger partial charge is 0.222 e. The third-order valence-corrected chi connectivity index (χ3v) is 4.65. The fourth-order valence-corrected chi connectivity index (χ4v) is 3.21. The van der Waals surface area contributed by atoms with E-state index in [1.165, 1.54) is 5.69 Å². The van der Waals surface area contributed by atoms with Crippen LogP contribution in [0.3, 0.4) is 0 Å². The number of hydrogen-bond donors (Lipinski definition) is 3. The van der Waals surface area contributed by atoms with Gasteiger partial charge in [-0.3, -0.25) is 9.79 Å². The van der Waals surface area contributed by atoms with Gasteiger partial charge in [0.05, 0.1) is 6.54 Å². The lowest BCUT2D eigenvalue weighted by molar-refractivity contribution is -0.121. The molecule has 0 saturated carbocycles. The normalized spacial score (nSPS) is 16.9. The molecule has 6 nitrogen and oxygen atoms in total. The maximum absolute atomic E-state index is 11.7. The molecule has 0 spiro atoms. The predicted octanol–water partition coefficient (Wildman–Crippen LogP) is 3.12. The number of rotatable bonds is 7. The third kappa shape index (κ3) is 8.68. The van der Waals surface area contributed by atoms with Crippen LogP contribution < -0.4 is 20.9 Å². The maximum atomic E-state index is 11.7. The zero-order valence-electron chi connectivity index (χ0n) is 16.3. The summed E-state index contributed by atoms with van der Waals surface area (Å²) < 4.78 is 1.10. The Bertz CT molecular complexity index is 609. The Labute approximate surface area is 188 Å². The van der Waals surface area contributed by atoms with Gasteiger partial charge in [-0.1, -0.05) is 15.9 Å². The van der Waals surface area contributed by atoms with Gasteiger partial charge in [0.1, 0.15) is 0 Å². The number of nitrogens with one attached hydrogen (secondary N) is 3. The minimum atomic E-state index is 0. The molecule has 0 aliphatic carbocycles. The van der Waals surface area contributed by atoms with Crippen molar-refractivity contribution < 1.29 is 4.79 Å². The molecule has 0 aromatic heterocycles. The summed E-state index contributed by atoms with van der Waals surface area (Å²) in [6.07, 6.45) is 1.47. The Morgan fingerprint density at radius 1 is 1.33 bits per heavy atom. The van der Waals surface area contributed by atoms with E-state index in [4.69, 9.17) is 0 Å². The number of amides is 1. The summed E-state index contributed by atoms with van der Waals surface area (Å²) in [5.41, 5.74) is 1.24. The van der Waals surface area contributed by atoms with E-state index in [0.717, 1.165) is 36.5 Å². The predicted molar refractivity (Wildman–Crippen MR) is 127 cm³/mol. The molecule has 0 bridgehead atoms. The third-order valence-electron chi connectivity index (χ3n) is 4.12. The summed E-state index contributed by atoms with van der Waals surface area (Å²) in [7, 11) is 0. The second-order valence-corrected chi connectivity index (χ2v) is 7.70. The molecular formula is C19H31BrIN5O. The Morgan fingerprint density at radius 3 is 2.67 bits per heavy atom. The highest BCUT2D eigenvalue weighted by molar-refractivity contribution is 14.0. The Morgan fingerprint density at radius 2 is 2.04 bits per heavy atom. The average molecular weight is 552 g/mol. The summed E-state index contributed by atoms with van der Waals surface area (Å²) in [6, 6.07) is 8.94. The van der Waals surface area contributed by atoms with E-state index in [0.29, 0.717) is 19.0 Å². The molecular weight excluding hydrogens is 521 g/mol. The maximum Gasteiger partial charge on any atom is 0.222 e. The molecule has 3 N–H and O–H groups in total. The molecule has 1 unspecified atom stereocenters. The summed E-state index contributed by atoms with van der Waals surface area (Å²) in [6.45, 7) is 9.22. The first-order valence-corrected chi connectivity index (χ1v) is 10.1. The Hall–Kier alpha value is -1.03. The van der Waals surface area contributed by atoms with E-state index in [1.54, 1.807) is 0 Å². The van der Waals surface area contributed by atoms with Gasteiger partial charge in [0.2, 0.25) is 5.91 Å². The van der Waals surface area contributed by atoms with E-state index in [9.17, 15) is 4.79 Å².